The van der Waals surface area contributed by atoms with Crippen LogP contribution in [0.5, 0.6) is 5.75 Å². The number of hydrogen-bond acceptors (Lipinski definition) is 10. The van der Waals surface area contributed by atoms with E-state index in [0.29, 0.717) is 57.3 Å². The summed E-state index contributed by atoms with van der Waals surface area (Å²) in [6.07, 6.45) is 4.50. The number of aryl methyl sites for hydroxylation is 1. The number of cyclic esters (lactones) is 1. The van der Waals surface area contributed by atoms with E-state index in [0.717, 1.165) is 44.5 Å². The first-order valence-electron chi connectivity index (χ1n) is 24.1. The number of ether oxygens (including phenoxy) is 1. The number of rotatable bonds is 9. The van der Waals surface area contributed by atoms with Crippen LogP contribution in [0.3, 0.4) is 0 Å². The van der Waals surface area contributed by atoms with E-state index in [2.05, 4.69) is 73.4 Å². The molecule has 15 nitrogen and oxygen atoms in total. The highest BCUT2D eigenvalue weighted by Gasteiger charge is 2.51. The van der Waals surface area contributed by atoms with Crippen LogP contribution in [-0.2, 0) is 48.1 Å². The number of hydrogen-bond donors (Lipinski definition) is 4. The van der Waals surface area contributed by atoms with Crippen molar-refractivity contribution in [3.63, 3.8) is 0 Å². The number of aromatic hydroxyl groups is 1. The number of phenols is 1. The van der Waals surface area contributed by atoms with Gasteiger partial charge in [0.05, 0.1) is 24.0 Å². The van der Waals surface area contributed by atoms with Crippen molar-refractivity contribution < 1.29 is 33.8 Å². The summed E-state index contributed by atoms with van der Waals surface area (Å²) >= 11 is 0. The molecule has 2 aromatic carbocycles. The summed E-state index contributed by atoms with van der Waals surface area (Å²) in [7, 11) is 1.59. The second-order valence-electron chi connectivity index (χ2n) is 20.7. The highest BCUT2D eigenvalue weighted by atomic mass is 16.5. The van der Waals surface area contributed by atoms with E-state index in [1.165, 1.54) is 9.91 Å². The van der Waals surface area contributed by atoms with Gasteiger partial charge in [-0.15, -0.1) is 0 Å². The summed E-state index contributed by atoms with van der Waals surface area (Å²) in [6.45, 7) is 18.2. The molecule has 0 radical (unpaired) electrons. The van der Waals surface area contributed by atoms with E-state index in [9.17, 15) is 29.1 Å². The van der Waals surface area contributed by atoms with E-state index in [4.69, 9.17) is 9.72 Å². The fourth-order valence-corrected chi connectivity index (χ4v) is 10.7. The molecule has 67 heavy (non-hydrogen) atoms. The Morgan fingerprint density at radius 3 is 2.48 bits per heavy atom. The van der Waals surface area contributed by atoms with Crippen molar-refractivity contribution >= 4 is 40.5 Å². The van der Waals surface area contributed by atoms with Crippen LogP contribution in [0.2, 0.25) is 0 Å². The van der Waals surface area contributed by atoms with Gasteiger partial charge in [-0.1, -0.05) is 53.7 Å². The molecule has 4 N–H and O–H groups in total. The Balaban J connectivity index is 1.20. The lowest BCUT2D eigenvalue weighted by Gasteiger charge is -2.41. The molecule has 5 atom stereocenters. The Morgan fingerprint density at radius 1 is 1.01 bits per heavy atom. The van der Waals surface area contributed by atoms with Crippen LogP contribution in [0.1, 0.15) is 104 Å². The number of pyridine rings is 1. The number of phenolic OH excluding ortho intramolecular Hbond substituents is 1. The zero-order valence-corrected chi connectivity index (χ0v) is 40.6. The summed E-state index contributed by atoms with van der Waals surface area (Å²) in [5.74, 6) is -2.14. The molecule has 6 bridgehead atoms. The SMILES string of the molecule is CCn1c(-c2cccnc2C(C)C)c2c3cc(ccc31)-c1cc(O)cc(c1)C[C@H](NC(=O)[C@@H](C(C)C)N(C)C(=O)[C@@]1(C)CCCN1C(=O)[C@@H]1CN1)C(=O)N1CCC[C@H](N1)C(=O)OCC(C)(C)C2. The molecular weight excluding hydrogens is 849 g/mol. The molecule has 4 aliphatic rings. The Bertz CT molecular complexity index is 2580. The van der Waals surface area contributed by atoms with Crippen molar-refractivity contribution in [1.82, 2.24) is 40.4 Å². The number of carbonyl (C=O) groups is 5. The smallest absolute Gasteiger partial charge is 0.324 e. The van der Waals surface area contributed by atoms with E-state index < -0.39 is 46.9 Å². The van der Waals surface area contributed by atoms with Crippen LogP contribution in [-0.4, -0.2) is 122 Å². The first-order chi connectivity index (χ1) is 31.8. The Kier molecular flexibility index (Phi) is 13.3. The van der Waals surface area contributed by atoms with Gasteiger partial charge in [-0.2, -0.15) is 0 Å². The summed E-state index contributed by atoms with van der Waals surface area (Å²) in [5, 5.41) is 19.9. The van der Waals surface area contributed by atoms with Gasteiger partial charge in [0, 0.05) is 67.7 Å². The van der Waals surface area contributed by atoms with Crippen LogP contribution < -0.4 is 16.1 Å². The number of carbonyl (C=O) groups excluding carboxylic acids is 5. The molecule has 8 rings (SSSR count). The van der Waals surface area contributed by atoms with E-state index in [1.807, 2.05) is 38.2 Å². The predicted molar refractivity (Wildman–Crippen MR) is 257 cm³/mol. The first-order valence-corrected chi connectivity index (χ1v) is 24.1. The molecule has 0 aliphatic carbocycles. The largest absolute Gasteiger partial charge is 0.508 e. The van der Waals surface area contributed by atoms with Crippen molar-refractivity contribution in [1.29, 1.82) is 0 Å². The van der Waals surface area contributed by atoms with Crippen molar-refractivity contribution in [2.45, 2.75) is 136 Å². The minimum Gasteiger partial charge on any atom is -0.508 e. The monoisotopic (exact) mass is 917 g/mol. The molecule has 6 heterocycles. The van der Waals surface area contributed by atoms with Crippen molar-refractivity contribution in [3.05, 3.63) is 71.5 Å². The topological polar surface area (TPSA) is 188 Å². The maximum absolute atomic E-state index is 14.8. The normalized spacial score (nSPS) is 23.5. The van der Waals surface area contributed by atoms with E-state index in [1.54, 1.807) is 31.0 Å². The minimum absolute atomic E-state index is 0.000707. The van der Waals surface area contributed by atoms with Gasteiger partial charge >= 0.3 is 5.97 Å². The van der Waals surface area contributed by atoms with E-state index in [-0.39, 0.29) is 55.0 Å². The van der Waals surface area contributed by atoms with Gasteiger partial charge in [-0.3, -0.25) is 34.0 Å². The van der Waals surface area contributed by atoms with Crippen LogP contribution in [0.25, 0.3) is 33.3 Å². The highest BCUT2D eigenvalue weighted by Crippen LogP contribution is 2.42. The third-order valence-corrected chi connectivity index (χ3v) is 14.2. The average Bonchev–Trinajstić information content (AvgIpc) is 4.01. The van der Waals surface area contributed by atoms with Gasteiger partial charge in [0.25, 0.3) is 5.91 Å². The zero-order chi connectivity index (χ0) is 48.1. The number of likely N-dealkylation sites (tertiary alicyclic amines) is 1. The molecule has 4 amide bonds. The van der Waals surface area contributed by atoms with Crippen molar-refractivity contribution in [2.75, 3.05) is 33.3 Å². The predicted octanol–water partition coefficient (Wildman–Crippen LogP) is 5.70. The summed E-state index contributed by atoms with van der Waals surface area (Å²) in [4.78, 5) is 79.2. The molecule has 3 saturated heterocycles. The van der Waals surface area contributed by atoms with Crippen LogP contribution in [0.4, 0.5) is 0 Å². The molecule has 0 unspecified atom stereocenters. The van der Waals surface area contributed by atoms with Crippen molar-refractivity contribution in [2.24, 2.45) is 11.3 Å². The maximum atomic E-state index is 14.8. The number of nitrogens with zero attached hydrogens (tertiary/aromatic N) is 5. The van der Waals surface area contributed by atoms with Crippen LogP contribution in [0.15, 0.2) is 54.7 Å². The zero-order valence-electron chi connectivity index (χ0n) is 40.6. The summed E-state index contributed by atoms with van der Waals surface area (Å²) in [5.41, 5.74) is 8.94. The van der Waals surface area contributed by atoms with Gasteiger partial charge in [0.2, 0.25) is 17.7 Å². The third-order valence-electron chi connectivity index (χ3n) is 14.2. The number of amides is 4. The standard InChI is InChI=1S/C52H68N8O7/c1-10-58-42-17-16-33-26-37(42)38(45(58)36-14-11-19-53-43(36)30(2)3)27-51(6,7)29-67-49(65)39-15-12-21-60(56-39)48(64)40(24-32-22-34(33)25-35(61)23-32)55-46(62)44(31(4)5)57(9)50(66)52(8)18-13-20-59(52)47(63)41-28-54-41/h11,14,16-17,19,22-23,25-26,30-31,39-41,44,54,56,61H,10,12-13,15,18,20-21,24,27-29H2,1-9H3,(H,55,62)/t39-,40-,41-,44+,52+/m0/s1. The lowest BCUT2D eigenvalue weighted by Crippen LogP contribution is -2.64. The lowest BCUT2D eigenvalue weighted by molar-refractivity contribution is -0.156. The second-order valence-corrected chi connectivity index (χ2v) is 20.7. The van der Waals surface area contributed by atoms with Crippen LogP contribution >= 0.6 is 0 Å². The molecule has 15 heteroatoms. The number of likely N-dealkylation sites (N-methyl/N-ethyl adjacent to an activating group) is 1. The number of hydrazine groups is 1. The van der Waals surface area contributed by atoms with E-state index >= 15 is 0 Å². The quantitative estimate of drug-likeness (QED) is 0.120. The molecular formula is C52H68N8O7. The highest BCUT2D eigenvalue weighted by molar-refractivity contribution is 5.98. The van der Waals surface area contributed by atoms with Gasteiger partial charge in [0.1, 0.15) is 29.4 Å². The Hall–Kier alpha value is -5.80. The first kappa shape index (κ1) is 47.7. The maximum Gasteiger partial charge on any atom is 0.324 e. The average molecular weight is 917 g/mol. The fourth-order valence-electron chi connectivity index (χ4n) is 10.7. The number of aromatic nitrogens is 2. The minimum atomic E-state index is -1.17. The summed E-state index contributed by atoms with van der Waals surface area (Å²) < 4.78 is 8.46. The number of esters is 1. The second kappa shape index (κ2) is 18.7. The molecule has 4 aliphatic heterocycles. The van der Waals surface area contributed by atoms with Gasteiger partial charge in [-0.05, 0) is 116 Å². The molecule has 358 valence electrons. The van der Waals surface area contributed by atoms with Crippen molar-refractivity contribution in [3.8, 4) is 28.1 Å². The number of nitrogens with one attached hydrogen (secondary N) is 3. The summed E-state index contributed by atoms with van der Waals surface area (Å²) in [6, 6.07) is 12.4. The van der Waals surface area contributed by atoms with Gasteiger partial charge in [-0.25, -0.2) is 5.43 Å². The Morgan fingerprint density at radius 2 is 1.78 bits per heavy atom. The molecule has 0 spiro atoms. The number of benzene rings is 2. The van der Waals surface area contributed by atoms with Gasteiger partial charge < -0.3 is 34.8 Å². The molecule has 2 aromatic heterocycles. The molecule has 0 saturated carbocycles. The fraction of sp³-hybridized carbons (Fsp3) is 0.538. The molecule has 3 fully saturated rings. The molecule has 4 aromatic rings. The lowest BCUT2D eigenvalue weighted by atomic mass is 9.83. The van der Waals surface area contributed by atoms with Crippen LogP contribution in [0, 0.1) is 11.3 Å². The Labute approximate surface area is 394 Å². The van der Waals surface area contributed by atoms with Gasteiger partial charge in [0.15, 0.2) is 0 Å². The third kappa shape index (κ3) is 9.41. The number of fused-ring (bicyclic) bond motifs is 6.